The highest BCUT2D eigenvalue weighted by atomic mass is 16.1. The van der Waals surface area contributed by atoms with E-state index in [9.17, 15) is 4.79 Å². The molecule has 1 aliphatic carbocycles. The van der Waals surface area contributed by atoms with Crippen LogP contribution in [0.4, 0.5) is 0 Å². The number of hydrogen-bond acceptors (Lipinski definition) is 3. The van der Waals surface area contributed by atoms with Gasteiger partial charge in [-0.3, -0.25) is 9.69 Å². The van der Waals surface area contributed by atoms with Crippen LogP contribution in [-0.2, 0) is 0 Å². The molecule has 3 heteroatoms. The second-order valence-electron chi connectivity index (χ2n) is 6.84. The molecule has 0 bridgehead atoms. The van der Waals surface area contributed by atoms with Crippen LogP contribution in [0.25, 0.3) is 0 Å². The molecule has 21 heavy (non-hydrogen) atoms. The lowest BCUT2D eigenvalue weighted by Gasteiger charge is -2.40. The first kappa shape index (κ1) is 14.7. The van der Waals surface area contributed by atoms with Crippen LogP contribution in [0.1, 0.15) is 54.9 Å². The Morgan fingerprint density at radius 2 is 1.86 bits per heavy atom. The molecule has 1 N–H and O–H groups in total. The fourth-order valence-corrected chi connectivity index (χ4v) is 3.48. The summed E-state index contributed by atoms with van der Waals surface area (Å²) in [6, 6.07) is 8.26. The summed E-state index contributed by atoms with van der Waals surface area (Å²) in [6.07, 6.45) is 3.77. The van der Waals surface area contributed by atoms with E-state index < -0.39 is 5.54 Å². The van der Waals surface area contributed by atoms with Gasteiger partial charge in [0.2, 0.25) is 0 Å². The van der Waals surface area contributed by atoms with Crippen molar-refractivity contribution in [2.75, 3.05) is 26.2 Å². The predicted molar refractivity (Wildman–Crippen MR) is 85.9 cm³/mol. The Kier molecular flexibility index (Phi) is 4.14. The molecular formula is C18H26N2O. The average molecular weight is 286 g/mol. The molecule has 1 saturated carbocycles. The van der Waals surface area contributed by atoms with Crippen LogP contribution in [0.2, 0.25) is 0 Å². The molecule has 2 fully saturated rings. The first-order valence-corrected chi connectivity index (χ1v) is 8.20. The third kappa shape index (κ3) is 2.77. The van der Waals surface area contributed by atoms with E-state index in [1.165, 1.54) is 24.8 Å². The Labute approximate surface area is 127 Å². The summed E-state index contributed by atoms with van der Waals surface area (Å²) in [7, 11) is 0. The van der Waals surface area contributed by atoms with E-state index >= 15 is 0 Å². The number of rotatable bonds is 4. The van der Waals surface area contributed by atoms with E-state index in [1.807, 2.05) is 12.1 Å². The third-order valence-electron chi connectivity index (χ3n) is 5.21. The molecule has 2 aliphatic rings. The van der Waals surface area contributed by atoms with Crippen molar-refractivity contribution in [2.45, 2.75) is 44.6 Å². The standard InChI is InChI=1S/C18H26N2O/c1-18(2,20-12-10-19-11-13-20)17(21)16-9-4-3-8-15(16)14-6-5-7-14/h3-4,8-9,14,19H,5-7,10-13H2,1-2H3. The molecule has 0 aromatic heterocycles. The van der Waals surface area contributed by atoms with Gasteiger partial charge in [0, 0.05) is 31.7 Å². The van der Waals surface area contributed by atoms with Gasteiger partial charge in [-0.25, -0.2) is 0 Å². The highest BCUT2D eigenvalue weighted by molar-refractivity contribution is 6.04. The van der Waals surface area contributed by atoms with Gasteiger partial charge < -0.3 is 5.32 Å². The number of carbonyl (C=O) groups excluding carboxylic acids is 1. The Bertz CT molecular complexity index is 514. The van der Waals surface area contributed by atoms with Crippen LogP contribution in [0, 0.1) is 0 Å². The molecule has 1 heterocycles. The molecule has 0 spiro atoms. The van der Waals surface area contributed by atoms with Gasteiger partial charge >= 0.3 is 0 Å². The molecule has 3 rings (SSSR count). The third-order valence-corrected chi connectivity index (χ3v) is 5.21. The zero-order valence-electron chi connectivity index (χ0n) is 13.2. The first-order valence-electron chi connectivity index (χ1n) is 8.20. The Morgan fingerprint density at radius 1 is 1.19 bits per heavy atom. The largest absolute Gasteiger partial charge is 0.314 e. The minimum Gasteiger partial charge on any atom is -0.314 e. The van der Waals surface area contributed by atoms with Crippen molar-refractivity contribution in [1.82, 2.24) is 10.2 Å². The maximum Gasteiger partial charge on any atom is 0.182 e. The molecule has 1 aliphatic heterocycles. The number of nitrogens with zero attached hydrogens (tertiary/aromatic N) is 1. The average Bonchev–Trinajstić information content (AvgIpc) is 2.46. The van der Waals surface area contributed by atoms with Crippen LogP contribution < -0.4 is 5.32 Å². The number of Topliss-reactive ketones (excluding diaryl/α,β-unsaturated/α-hetero) is 1. The summed E-state index contributed by atoms with van der Waals surface area (Å²) in [4.78, 5) is 15.5. The Morgan fingerprint density at radius 3 is 2.48 bits per heavy atom. The van der Waals surface area contributed by atoms with Gasteiger partial charge in [0.15, 0.2) is 5.78 Å². The van der Waals surface area contributed by atoms with Gasteiger partial charge in [-0.05, 0) is 38.2 Å². The van der Waals surface area contributed by atoms with Crippen molar-refractivity contribution in [2.24, 2.45) is 0 Å². The van der Waals surface area contributed by atoms with E-state index in [0.29, 0.717) is 5.92 Å². The van der Waals surface area contributed by atoms with Crippen LogP contribution in [0.5, 0.6) is 0 Å². The van der Waals surface area contributed by atoms with Crippen molar-refractivity contribution >= 4 is 5.78 Å². The molecule has 1 aromatic rings. The number of ketones is 1. The zero-order valence-corrected chi connectivity index (χ0v) is 13.2. The lowest BCUT2D eigenvalue weighted by molar-refractivity contribution is 0.0600. The van der Waals surface area contributed by atoms with Gasteiger partial charge in [0.05, 0.1) is 5.54 Å². The molecule has 1 aromatic carbocycles. The SMILES string of the molecule is CC(C)(C(=O)c1ccccc1C1CCC1)N1CCNCC1. The fraction of sp³-hybridized carbons (Fsp3) is 0.611. The molecule has 114 valence electrons. The van der Waals surface area contributed by atoms with Gasteiger partial charge in [-0.1, -0.05) is 30.7 Å². The number of carbonyl (C=O) groups is 1. The van der Waals surface area contributed by atoms with Crippen molar-refractivity contribution < 1.29 is 4.79 Å². The van der Waals surface area contributed by atoms with E-state index in [0.717, 1.165) is 31.7 Å². The smallest absolute Gasteiger partial charge is 0.182 e. The van der Waals surface area contributed by atoms with E-state index in [1.54, 1.807) is 0 Å². The van der Waals surface area contributed by atoms with Crippen LogP contribution in [0.15, 0.2) is 24.3 Å². The van der Waals surface area contributed by atoms with E-state index in [-0.39, 0.29) is 5.78 Å². The highest BCUT2D eigenvalue weighted by Crippen LogP contribution is 2.39. The lowest BCUT2D eigenvalue weighted by Crippen LogP contribution is -2.57. The highest BCUT2D eigenvalue weighted by Gasteiger charge is 2.37. The van der Waals surface area contributed by atoms with Crippen LogP contribution in [-0.4, -0.2) is 42.4 Å². The first-order chi connectivity index (χ1) is 10.1. The topological polar surface area (TPSA) is 32.3 Å². The normalized spacial score (nSPS) is 21.0. The Hall–Kier alpha value is -1.19. The summed E-state index contributed by atoms with van der Waals surface area (Å²) < 4.78 is 0. The summed E-state index contributed by atoms with van der Waals surface area (Å²) in [5, 5.41) is 3.36. The predicted octanol–water partition coefficient (Wildman–Crippen LogP) is 2.82. The molecule has 0 unspecified atom stereocenters. The molecule has 3 nitrogen and oxygen atoms in total. The number of nitrogens with one attached hydrogen (secondary N) is 1. The molecule has 0 amide bonds. The molecular weight excluding hydrogens is 260 g/mol. The minimum absolute atomic E-state index is 0.284. The van der Waals surface area contributed by atoms with Gasteiger partial charge in [-0.15, -0.1) is 0 Å². The second kappa shape index (κ2) is 5.90. The van der Waals surface area contributed by atoms with Gasteiger partial charge in [-0.2, -0.15) is 0 Å². The summed E-state index contributed by atoms with van der Waals surface area (Å²) in [6.45, 7) is 8.01. The fourth-order valence-electron chi connectivity index (χ4n) is 3.48. The zero-order chi connectivity index (χ0) is 14.9. The van der Waals surface area contributed by atoms with Gasteiger partial charge in [0.25, 0.3) is 0 Å². The van der Waals surface area contributed by atoms with Crippen LogP contribution >= 0.6 is 0 Å². The Balaban J connectivity index is 1.86. The van der Waals surface area contributed by atoms with Crippen molar-refractivity contribution in [1.29, 1.82) is 0 Å². The second-order valence-corrected chi connectivity index (χ2v) is 6.84. The van der Waals surface area contributed by atoms with Gasteiger partial charge in [0.1, 0.15) is 0 Å². The van der Waals surface area contributed by atoms with Crippen molar-refractivity contribution in [3.05, 3.63) is 35.4 Å². The van der Waals surface area contributed by atoms with Crippen molar-refractivity contribution in [3.63, 3.8) is 0 Å². The molecule has 0 atom stereocenters. The number of hydrogen-bond donors (Lipinski definition) is 1. The lowest BCUT2D eigenvalue weighted by atomic mass is 9.76. The molecule has 1 saturated heterocycles. The summed E-state index contributed by atoms with van der Waals surface area (Å²) >= 11 is 0. The quantitative estimate of drug-likeness (QED) is 0.864. The summed E-state index contributed by atoms with van der Waals surface area (Å²) in [5.41, 5.74) is 1.81. The van der Waals surface area contributed by atoms with Crippen molar-refractivity contribution in [3.8, 4) is 0 Å². The number of benzene rings is 1. The van der Waals surface area contributed by atoms with E-state index in [4.69, 9.17) is 0 Å². The monoisotopic (exact) mass is 286 g/mol. The summed E-state index contributed by atoms with van der Waals surface area (Å²) in [5.74, 6) is 0.885. The van der Waals surface area contributed by atoms with Crippen LogP contribution in [0.3, 0.4) is 0 Å². The molecule has 0 radical (unpaired) electrons. The minimum atomic E-state index is -0.415. The maximum absolute atomic E-state index is 13.2. The van der Waals surface area contributed by atoms with E-state index in [2.05, 4.69) is 36.2 Å². The number of piperazine rings is 1. The maximum atomic E-state index is 13.2.